The van der Waals surface area contributed by atoms with Crippen LogP contribution in [-0.2, 0) is 14.3 Å². The number of esters is 2. The number of nitrogens with two attached hydrogens (primary N) is 3. The molecule has 0 radical (unpaired) electrons. The van der Waals surface area contributed by atoms with Gasteiger partial charge in [0.1, 0.15) is 6.04 Å². The molecular formula is C9H19N3O3. The number of ether oxygens (including phenoxy) is 1. The van der Waals surface area contributed by atoms with Crippen molar-refractivity contribution in [2.45, 2.75) is 31.7 Å². The van der Waals surface area contributed by atoms with Gasteiger partial charge in [-0.15, -0.1) is 0 Å². The Kier molecular flexibility index (Phi) is 7.79. The zero-order valence-electron chi connectivity index (χ0n) is 8.78. The summed E-state index contributed by atoms with van der Waals surface area (Å²) >= 11 is 0. The molecule has 0 unspecified atom stereocenters. The zero-order chi connectivity index (χ0) is 11.7. The van der Waals surface area contributed by atoms with Crippen LogP contribution in [0.1, 0.15) is 25.7 Å². The monoisotopic (exact) mass is 217 g/mol. The number of unbranched alkanes of at least 4 members (excludes halogenated alkanes) is 1. The van der Waals surface area contributed by atoms with Crippen LogP contribution >= 0.6 is 0 Å². The van der Waals surface area contributed by atoms with E-state index in [2.05, 4.69) is 4.74 Å². The highest BCUT2D eigenvalue weighted by Gasteiger charge is 2.17. The van der Waals surface area contributed by atoms with Crippen molar-refractivity contribution < 1.29 is 14.3 Å². The van der Waals surface area contributed by atoms with Crippen molar-refractivity contribution in [2.75, 3.05) is 13.1 Å². The molecular weight excluding hydrogens is 198 g/mol. The van der Waals surface area contributed by atoms with E-state index in [0.29, 0.717) is 13.0 Å². The van der Waals surface area contributed by atoms with Gasteiger partial charge in [-0.05, 0) is 19.4 Å². The predicted octanol–water partition coefficient (Wildman–Crippen LogP) is -1.14. The van der Waals surface area contributed by atoms with Crippen molar-refractivity contribution in [2.24, 2.45) is 17.2 Å². The van der Waals surface area contributed by atoms with E-state index in [9.17, 15) is 9.59 Å². The van der Waals surface area contributed by atoms with Crippen molar-refractivity contribution in [1.29, 1.82) is 0 Å². The average molecular weight is 217 g/mol. The Bertz CT molecular complexity index is 209. The van der Waals surface area contributed by atoms with Gasteiger partial charge in [0, 0.05) is 6.54 Å². The van der Waals surface area contributed by atoms with E-state index in [1.165, 1.54) is 0 Å². The molecule has 0 aromatic rings. The van der Waals surface area contributed by atoms with Crippen LogP contribution in [0.2, 0.25) is 0 Å². The maximum Gasteiger partial charge on any atom is 0.330 e. The highest BCUT2D eigenvalue weighted by atomic mass is 16.6. The summed E-state index contributed by atoms with van der Waals surface area (Å²) in [5, 5.41) is 0. The standard InChI is InChI=1S/C9H19N3O3/c10-5-2-1-3-7(12)9(14)15-8(13)4-6-11/h7H,1-6,10-12H2/t7-/m0/s1. The summed E-state index contributed by atoms with van der Waals surface area (Å²) in [4.78, 5) is 22.1. The maximum absolute atomic E-state index is 11.2. The molecule has 0 saturated carbocycles. The molecule has 1 atom stereocenters. The Morgan fingerprint density at radius 2 is 1.80 bits per heavy atom. The van der Waals surface area contributed by atoms with Gasteiger partial charge < -0.3 is 21.9 Å². The van der Waals surface area contributed by atoms with E-state index in [0.717, 1.165) is 12.8 Å². The molecule has 88 valence electrons. The average Bonchev–Trinajstić information content (AvgIpc) is 2.18. The number of rotatable bonds is 7. The smallest absolute Gasteiger partial charge is 0.330 e. The van der Waals surface area contributed by atoms with E-state index >= 15 is 0 Å². The van der Waals surface area contributed by atoms with Gasteiger partial charge >= 0.3 is 11.9 Å². The van der Waals surface area contributed by atoms with Gasteiger partial charge in [0.2, 0.25) is 0 Å². The minimum atomic E-state index is -0.752. The summed E-state index contributed by atoms with van der Waals surface area (Å²) in [5.41, 5.74) is 15.9. The van der Waals surface area contributed by atoms with E-state index in [-0.39, 0.29) is 13.0 Å². The lowest BCUT2D eigenvalue weighted by molar-refractivity contribution is -0.160. The van der Waals surface area contributed by atoms with Gasteiger partial charge in [0.25, 0.3) is 0 Å². The molecule has 6 heteroatoms. The number of hydrogen-bond donors (Lipinski definition) is 3. The first-order valence-corrected chi connectivity index (χ1v) is 5.02. The van der Waals surface area contributed by atoms with Gasteiger partial charge in [0.05, 0.1) is 6.42 Å². The number of hydrogen-bond acceptors (Lipinski definition) is 6. The maximum atomic E-state index is 11.2. The molecule has 6 N–H and O–H groups in total. The Morgan fingerprint density at radius 1 is 1.13 bits per heavy atom. The molecule has 0 rings (SSSR count). The molecule has 0 heterocycles. The third-order valence-electron chi connectivity index (χ3n) is 1.83. The largest absolute Gasteiger partial charge is 0.392 e. The SMILES string of the molecule is NCCCC[C@H](N)C(=O)OC(=O)CCN. The Labute approximate surface area is 89.1 Å². The van der Waals surface area contributed by atoms with Crippen LogP contribution < -0.4 is 17.2 Å². The molecule has 0 spiro atoms. The quantitative estimate of drug-likeness (QED) is 0.281. The van der Waals surface area contributed by atoms with Crippen molar-refractivity contribution in [3.8, 4) is 0 Å². The van der Waals surface area contributed by atoms with Gasteiger partial charge in [-0.3, -0.25) is 4.79 Å². The van der Waals surface area contributed by atoms with Crippen LogP contribution in [0, 0.1) is 0 Å². The molecule has 0 amide bonds. The van der Waals surface area contributed by atoms with Crippen molar-refractivity contribution in [3.63, 3.8) is 0 Å². The summed E-state index contributed by atoms with van der Waals surface area (Å²) in [6.45, 7) is 0.725. The van der Waals surface area contributed by atoms with Crippen LogP contribution in [0.25, 0.3) is 0 Å². The summed E-state index contributed by atoms with van der Waals surface area (Å²) < 4.78 is 4.47. The topological polar surface area (TPSA) is 121 Å². The minimum absolute atomic E-state index is 0.0290. The molecule has 0 fully saturated rings. The number of carbonyl (C=O) groups is 2. The van der Waals surface area contributed by atoms with Crippen LogP contribution in [0.3, 0.4) is 0 Å². The fourth-order valence-corrected chi connectivity index (χ4v) is 0.983. The summed E-state index contributed by atoms with van der Waals surface area (Å²) in [7, 11) is 0. The second kappa shape index (κ2) is 8.34. The first-order valence-electron chi connectivity index (χ1n) is 5.02. The van der Waals surface area contributed by atoms with Crippen molar-refractivity contribution in [1.82, 2.24) is 0 Å². The summed E-state index contributed by atoms with van der Waals surface area (Å²) in [6, 6.07) is -0.752. The third-order valence-corrected chi connectivity index (χ3v) is 1.83. The molecule has 0 aliphatic rings. The molecule has 0 aliphatic heterocycles. The van der Waals surface area contributed by atoms with E-state index in [4.69, 9.17) is 17.2 Å². The third kappa shape index (κ3) is 7.01. The fourth-order valence-electron chi connectivity index (χ4n) is 0.983. The van der Waals surface area contributed by atoms with E-state index in [1.54, 1.807) is 0 Å². The normalized spacial score (nSPS) is 12.2. The lowest BCUT2D eigenvalue weighted by atomic mass is 10.1. The molecule has 6 nitrogen and oxygen atoms in total. The first kappa shape index (κ1) is 14.0. The lowest BCUT2D eigenvalue weighted by Gasteiger charge is -2.09. The van der Waals surface area contributed by atoms with Crippen molar-refractivity contribution >= 4 is 11.9 Å². The van der Waals surface area contributed by atoms with E-state index < -0.39 is 18.0 Å². The van der Waals surface area contributed by atoms with Gasteiger partial charge in [-0.1, -0.05) is 6.42 Å². The van der Waals surface area contributed by atoms with Gasteiger partial charge in [-0.2, -0.15) is 0 Å². The first-order chi connectivity index (χ1) is 7.11. The van der Waals surface area contributed by atoms with Crippen LogP contribution in [0.5, 0.6) is 0 Å². The Hall–Kier alpha value is -0.980. The lowest BCUT2D eigenvalue weighted by Crippen LogP contribution is -2.34. The molecule has 0 aliphatic carbocycles. The van der Waals surface area contributed by atoms with Crippen LogP contribution in [0.4, 0.5) is 0 Å². The second-order valence-electron chi connectivity index (χ2n) is 3.22. The minimum Gasteiger partial charge on any atom is -0.392 e. The zero-order valence-corrected chi connectivity index (χ0v) is 8.78. The van der Waals surface area contributed by atoms with Gasteiger partial charge in [0.15, 0.2) is 0 Å². The predicted molar refractivity (Wildman–Crippen MR) is 55.7 cm³/mol. The summed E-state index contributed by atoms with van der Waals surface area (Å²) in [6.07, 6.45) is 2.06. The fraction of sp³-hybridized carbons (Fsp3) is 0.778. The molecule has 0 bridgehead atoms. The summed E-state index contributed by atoms with van der Waals surface area (Å²) in [5.74, 6) is -1.32. The molecule has 0 saturated heterocycles. The highest BCUT2D eigenvalue weighted by Crippen LogP contribution is 2.00. The highest BCUT2D eigenvalue weighted by molar-refractivity contribution is 5.88. The van der Waals surface area contributed by atoms with Crippen LogP contribution in [-0.4, -0.2) is 31.1 Å². The van der Waals surface area contributed by atoms with E-state index in [1.807, 2.05) is 0 Å². The van der Waals surface area contributed by atoms with Crippen LogP contribution in [0.15, 0.2) is 0 Å². The van der Waals surface area contributed by atoms with Gasteiger partial charge in [-0.25, -0.2) is 4.79 Å². The Balaban J connectivity index is 3.73. The Morgan fingerprint density at radius 3 is 2.33 bits per heavy atom. The number of carbonyl (C=O) groups excluding carboxylic acids is 2. The molecule has 0 aromatic carbocycles. The molecule has 15 heavy (non-hydrogen) atoms. The van der Waals surface area contributed by atoms with Crippen molar-refractivity contribution in [3.05, 3.63) is 0 Å². The second-order valence-corrected chi connectivity index (χ2v) is 3.22. The molecule has 0 aromatic heterocycles.